The zero-order valence-corrected chi connectivity index (χ0v) is 19.6. The number of phosphoric acid groups is 2. The summed E-state index contributed by atoms with van der Waals surface area (Å²) >= 11 is 0. The average molecular weight is 480 g/mol. The lowest BCUT2D eigenvalue weighted by Gasteiger charge is -2.22. The van der Waals surface area contributed by atoms with Gasteiger partial charge in [-0.05, 0) is 35.7 Å². The lowest BCUT2D eigenvalue weighted by Crippen LogP contribution is -2.12. The number of hydrogen-bond donors (Lipinski definition) is 3. The lowest BCUT2D eigenvalue weighted by molar-refractivity contribution is 0.280. The van der Waals surface area contributed by atoms with E-state index in [0.717, 1.165) is 5.56 Å². The maximum atomic E-state index is 11.7. The Morgan fingerprint density at radius 3 is 1.44 bits per heavy atom. The normalized spacial score (nSPS) is 11.7. The zero-order chi connectivity index (χ0) is 23.8. The van der Waals surface area contributed by atoms with Crippen molar-refractivity contribution in [2.75, 3.05) is 0 Å². The summed E-state index contributed by atoms with van der Waals surface area (Å²) in [5, 5.41) is 0. The first-order valence-corrected chi connectivity index (χ1v) is 12.5. The van der Waals surface area contributed by atoms with E-state index in [1.807, 2.05) is 26.8 Å². The highest BCUT2D eigenvalue weighted by Crippen LogP contribution is 2.44. The Morgan fingerprint density at radius 1 is 0.625 bits per heavy atom. The molecule has 0 spiro atoms. The molecule has 172 valence electrons. The van der Waals surface area contributed by atoms with E-state index in [1.54, 1.807) is 78.9 Å². The Morgan fingerprint density at radius 2 is 1.03 bits per heavy atom. The molecule has 3 aromatic carbocycles. The molecule has 0 amide bonds. The van der Waals surface area contributed by atoms with Crippen molar-refractivity contribution in [1.29, 1.82) is 0 Å². The van der Waals surface area contributed by atoms with E-state index in [0.29, 0.717) is 0 Å². The van der Waals surface area contributed by atoms with E-state index in [9.17, 15) is 14.0 Å². The molecule has 3 N–H and O–H groups in total. The van der Waals surface area contributed by atoms with Crippen LogP contribution in [-0.4, -0.2) is 14.7 Å². The van der Waals surface area contributed by atoms with Crippen molar-refractivity contribution in [2.24, 2.45) is 0 Å². The molecule has 3 rings (SSSR count). The van der Waals surface area contributed by atoms with Crippen molar-refractivity contribution in [2.45, 2.75) is 26.2 Å². The highest BCUT2D eigenvalue weighted by atomic mass is 31.2. The largest absolute Gasteiger partial charge is 0.584 e. The van der Waals surface area contributed by atoms with Crippen molar-refractivity contribution < 1.29 is 37.4 Å². The van der Waals surface area contributed by atoms with E-state index in [4.69, 9.17) is 18.8 Å². The third-order valence-corrected chi connectivity index (χ3v) is 5.16. The van der Waals surface area contributed by atoms with Gasteiger partial charge in [-0.25, -0.2) is 9.13 Å². The summed E-state index contributed by atoms with van der Waals surface area (Å²) in [4.78, 5) is 27.0. The second-order valence-corrected chi connectivity index (χ2v) is 10.1. The first kappa shape index (κ1) is 25.7. The molecule has 0 saturated heterocycles. The van der Waals surface area contributed by atoms with E-state index < -0.39 is 15.6 Å². The van der Waals surface area contributed by atoms with Crippen LogP contribution in [0, 0.1) is 0 Å². The van der Waals surface area contributed by atoms with Gasteiger partial charge in [0.15, 0.2) is 0 Å². The molecule has 10 heteroatoms. The SMILES string of the molecule is CC(C)(C)c1ccccc1OP(=O)(O)O.O=P(O)(Oc1ccccc1)Oc1ccccc1. The fourth-order valence-electron chi connectivity index (χ4n) is 2.54. The molecule has 3 aromatic rings. The summed E-state index contributed by atoms with van der Waals surface area (Å²) in [6.07, 6.45) is 0. The molecule has 0 aliphatic rings. The Bertz CT molecular complexity index is 1030. The first-order valence-electron chi connectivity index (χ1n) is 9.52. The quantitative estimate of drug-likeness (QED) is 0.384. The predicted octanol–water partition coefficient (Wildman–Crippen LogP) is 5.70. The number of phosphoric ester groups is 2. The monoisotopic (exact) mass is 480 g/mol. The summed E-state index contributed by atoms with van der Waals surface area (Å²) in [5.41, 5.74) is 0.555. The lowest BCUT2D eigenvalue weighted by atomic mass is 9.86. The fraction of sp³-hybridized carbons (Fsp3) is 0.182. The molecule has 0 atom stereocenters. The third kappa shape index (κ3) is 9.27. The fourth-order valence-corrected chi connectivity index (χ4v) is 3.77. The summed E-state index contributed by atoms with van der Waals surface area (Å²) in [6.45, 7) is 5.86. The maximum absolute atomic E-state index is 11.7. The van der Waals surface area contributed by atoms with Crippen LogP contribution < -0.4 is 13.6 Å². The molecule has 0 unspecified atom stereocenters. The van der Waals surface area contributed by atoms with E-state index >= 15 is 0 Å². The van der Waals surface area contributed by atoms with E-state index in [1.165, 1.54) is 0 Å². The van der Waals surface area contributed by atoms with Crippen LogP contribution in [0.4, 0.5) is 0 Å². The second kappa shape index (κ2) is 10.8. The summed E-state index contributed by atoms with van der Waals surface area (Å²) in [6, 6.07) is 23.6. The molecule has 0 bridgehead atoms. The van der Waals surface area contributed by atoms with Crippen LogP contribution in [0.15, 0.2) is 84.9 Å². The zero-order valence-electron chi connectivity index (χ0n) is 17.9. The van der Waals surface area contributed by atoms with E-state index in [2.05, 4.69) is 4.52 Å². The molecule has 32 heavy (non-hydrogen) atoms. The Labute approximate surface area is 187 Å². The molecule has 8 nitrogen and oxygen atoms in total. The van der Waals surface area contributed by atoms with Crippen LogP contribution in [0.1, 0.15) is 26.3 Å². The van der Waals surface area contributed by atoms with Crippen molar-refractivity contribution in [1.82, 2.24) is 0 Å². The van der Waals surface area contributed by atoms with Crippen LogP contribution in [0.25, 0.3) is 0 Å². The van der Waals surface area contributed by atoms with Gasteiger partial charge in [0.05, 0.1) is 0 Å². The van der Waals surface area contributed by atoms with Gasteiger partial charge in [0, 0.05) is 5.56 Å². The van der Waals surface area contributed by atoms with Gasteiger partial charge in [-0.15, -0.1) is 0 Å². The van der Waals surface area contributed by atoms with Gasteiger partial charge in [-0.3, -0.25) is 14.7 Å². The molecule has 0 saturated carbocycles. The van der Waals surface area contributed by atoms with Gasteiger partial charge in [0.1, 0.15) is 17.2 Å². The second-order valence-electron chi connectivity index (χ2n) is 7.61. The number of benzene rings is 3. The maximum Gasteiger partial charge on any atom is 0.584 e. The van der Waals surface area contributed by atoms with E-state index in [-0.39, 0.29) is 22.7 Å². The molecule has 0 aliphatic carbocycles. The molecular formula is C22H26O8P2. The van der Waals surface area contributed by atoms with Crippen molar-refractivity contribution in [3.05, 3.63) is 90.5 Å². The van der Waals surface area contributed by atoms with Crippen LogP contribution >= 0.6 is 15.6 Å². The van der Waals surface area contributed by atoms with Crippen LogP contribution in [0.5, 0.6) is 17.2 Å². The minimum Gasteiger partial charge on any atom is -0.404 e. The smallest absolute Gasteiger partial charge is 0.404 e. The number of rotatable bonds is 6. The predicted molar refractivity (Wildman–Crippen MR) is 122 cm³/mol. The molecule has 0 fully saturated rings. The van der Waals surface area contributed by atoms with Crippen molar-refractivity contribution in [3.8, 4) is 17.2 Å². The van der Waals surface area contributed by atoms with Crippen molar-refractivity contribution >= 4 is 15.6 Å². The summed E-state index contributed by atoms with van der Waals surface area (Å²) in [5.74, 6) is 0.807. The van der Waals surface area contributed by atoms with Crippen LogP contribution in [-0.2, 0) is 14.5 Å². The Hall–Kier alpha value is -2.60. The molecule has 0 aromatic heterocycles. The minimum atomic E-state index is -4.48. The van der Waals surface area contributed by atoms with Gasteiger partial charge in [0.2, 0.25) is 0 Å². The van der Waals surface area contributed by atoms with Gasteiger partial charge >= 0.3 is 15.6 Å². The standard InChI is InChI=1S/C12H11O4P.C10H15O4P/c13-17(14,15-11-7-3-1-4-8-11)16-12-9-5-2-6-10-12;1-10(2,3)8-6-4-5-7-9(8)14-15(11,12)13/h1-10H,(H,13,14);4-7H,1-3H3,(H2,11,12,13). The van der Waals surface area contributed by atoms with Gasteiger partial charge in [-0.1, -0.05) is 75.4 Å². The van der Waals surface area contributed by atoms with Crippen LogP contribution in [0.3, 0.4) is 0 Å². The summed E-state index contributed by atoms with van der Waals surface area (Å²) in [7, 11) is -8.62. The Kier molecular flexibility index (Phi) is 8.67. The van der Waals surface area contributed by atoms with Gasteiger partial charge < -0.3 is 13.6 Å². The number of para-hydroxylation sites is 3. The first-order chi connectivity index (χ1) is 14.9. The topological polar surface area (TPSA) is 123 Å². The minimum absolute atomic E-state index is 0.217. The van der Waals surface area contributed by atoms with Gasteiger partial charge in [0.25, 0.3) is 0 Å². The molecule has 0 heterocycles. The average Bonchev–Trinajstić information content (AvgIpc) is 2.67. The highest BCUT2D eigenvalue weighted by Gasteiger charge is 2.25. The Balaban J connectivity index is 0.000000229. The summed E-state index contributed by atoms with van der Waals surface area (Å²) < 4.78 is 36.8. The third-order valence-electron chi connectivity index (χ3n) is 3.84. The van der Waals surface area contributed by atoms with Crippen molar-refractivity contribution in [3.63, 3.8) is 0 Å². The van der Waals surface area contributed by atoms with Crippen LogP contribution in [0.2, 0.25) is 0 Å². The van der Waals surface area contributed by atoms with Gasteiger partial charge in [-0.2, -0.15) is 0 Å². The number of hydrogen-bond acceptors (Lipinski definition) is 5. The highest BCUT2D eigenvalue weighted by molar-refractivity contribution is 7.48. The molecular weight excluding hydrogens is 454 g/mol. The molecule has 0 radical (unpaired) electrons. The molecule has 0 aliphatic heterocycles.